The third-order valence-electron chi connectivity index (χ3n) is 3.73. The van der Waals surface area contributed by atoms with Crippen LogP contribution in [0.25, 0.3) is 0 Å². The summed E-state index contributed by atoms with van der Waals surface area (Å²) < 4.78 is 2.13. The van der Waals surface area contributed by atoms with Gasteiger partial charge in [-0.05, 0) is 18.8 Å². The van der Waals surface area contributed by atoms with E-state index in [-0.39, 0.29) is 17.9 Å². The summed E-state index contributed by atoms with van der Waals surface area (Å²) in [5, 5.41) is 0. The number of carbonyl (C=O) groups is 1. The zero-order valence-electron chi connectivity index (χ0n) is 11.1. The van der Waals surface area contributed by atoms with E-state index in [1.54, 1.807) is 6.20 Å². The van der Waals surface area contributed by atoms with Crippen molar-refractivity contribution < 1.29 is 4.79 Å². The maximum absolute atomic E-state index is 12.1. The number of amides is 1. The Labute approximate surface area is 108 Å². The number of imidazole rings is 1. The lowest BCUT2D eigenvalue weighted by atomic mass is 10.0. The van der Waals surface area contributed by atoms with E-state index in [4.69, 9.17) is 5.73 Å². The Morgan fingerprint density at radius 1 is 1.39 bits per heavy atom. The van der Waals surface area contributed by atoms with Gasteiger partial charge in [-0.2, -0.15) is 0 Å². The fourth-order valence-corrected chi connectivity index (χ4v) is 2.37. The van der Waals surface area contributed by atoms with Crippen molar-refractivity contribution in [2.45, 2.75) is 38.8 Å². The molecule has 100 valence electrons. The van der Waals surface area contributed by atoms with Crippen LogP contribution >= 0.6 is 0 Å². The standard InChI is InChI=1S/C13H22N4O/c1-10(2)12(14)13(18)16-6-3-11(4-7-16)17-8-5-15-9-17/h5,8-12H,3-4,6-7,14H2,1-2H3/t12-/m0/s1. The first-order valence-electron chi connectivity index (χ1n) is 6.61. The molecular formula is C13H22N4O. The predicted molar refractivity (Wildman–Crippen MR) is 69.9 cm³/mol. The molecule has 2 N–H and O–H groups in total. The molecule has 1 fully saturated rings. The van der Waals surface area contributed by atoms with Gasteiger partial charge in [0.25, 0.3) is 0 Å². The number of hydrogen-bond donors (Lipinski definition) is 1. The second-order valence-corrected chi connectivity index (χ2v) is 5.34. The zero-order chi connectivity index (χ0) is 13.1. The van der Waals surface area contributed by atoms with Crippen LogP contribution in [0.4, 0.5) is 0 Å². The van der Waals surface area contributed by atoms with Gasteiger partial charge in [0.15, 0.2) is 0 Å². The molecule has 2 heterocycles. The zero-order valence-corrected chi connectivity index (χ0v) is 11.1. The summed E-state index contributed by atoms with van der Waals surface area (Å²) in [5.41, 5.74) is 5.91. The quantitative estimate of drug-likeness (QED) is 0.871. The summed E-state index contributed by atoms with van der Waals surface area (Å²) in [7, 11) is 0. The minimum atomic E-state index is -0.366. The summed E-state index contributed by atoms with van der Waals surface area (Å²) in [5.74, 6) is 0.290. The number of nitrogens with two attached hydrogens (primary N) is 1. The molecule has 1 atom stereocenters. The monoisotopic (exact) mass is 250 g/mol. The highest BCUT2D eigenvalue weighted by Gasteiger charge is 2.27. The molecule has 0 aliphatic carbocycles. The van der Waals surface area contributed by atoms with Crippen LogP contribution in [0.1, 0.15) is 32.7 Å². The van der Waals surface area contributed by atoms with E-state index in [2.05, 4.69) is 9.55 Å². The van der Waals surface area contributed by atoms with E-state index in [1.165, 1.54) is 0 Å². The Kier molecular flexibility index (Phi) is 4.01. The van der Waals surface area contributed by atoms with Gasteiger partial charge < -0.3 is 15.2 Å². The van der Waals surface area contributed by atoms with Gasteiger partial charge in [-0.3, -0.25) is 4.79 Å². The largest absolute Gasteiger partial charge is 0.341 e. The SMILES string of the molecule is CC(C)[C@H](N)C(=O)N1CCC(n2ccnc2)CC1. The normalized spacial score (nSPS) is 19.2. The Morgan fingerprint density at radius 2 is 2.06 bits per heavy atom. The van der Waals surface area contributed by atoms with Crippen LogP contribution in [0.2, 0.25) is 0 Å². The first-order chi connectivity index (χ1) is 8.59. The Balaban J connectivity index is 1.89. The first kappa shape index (κ1) is 13.1. The molecule has 18 heavy (non-hydrogen) atoms. The number of rotatable bonds is 3. The highest BCUT2D eigenvalue weighted by molar-refractivity contribution is 5.82. The van der Waals surface area contributed by atoms with Gasteiger partial charge in [-0.25, -0.2) is 4.98 Å². The van der Waals surface area contributed by atoms with E-state index >= 15 is 0 Å². The molecule has 0 radical (unpaired) electrons. The highest BCUT2D eigenvalue weighted by Crippen LogP contribution is 2.22. The number of carbonyl (C=O) groups excluding carboxylic acids is 1. The summed E-state index contributed by atoms with van der Waals surface area (Å²) >= 11 is 0. The van der Waals surface area contributed by atoms with Crippen LogP contribution in [0.15, 0.2) is 18.7 Å². The number of piperidine rings is 1. The van der Waals surface area contributed by atoms with E-state index in [9.17, 15) is 4.79 Å². The Bertz CT molecular complexity index is 380. The van der Waals surface area contributed by atoms with Crippen molar-refractivity contribution in [2.75, 3.05) is 13.1 Å². The number of likely N-dealkylation sites (tertiary alicyclic amines) is 1. The van der Waals surface area contributed by atoms with E-state index in [0.29, 0.717) is 6.04 Å². The van der Waals surface area contributed by atoms with Crippen molar-refractivity contribution in [3.05, 3.63) is 18.7 Å². The van der Waals surface area contributed by atoms with Crippen molar-refractivity contribution >= 4 is 5.91 Å². The molecule has 1 aromatic rings. The molecule has 5 nitrogen and oxygen atoms in total. The molecule has 0 saturated carbocycles. The van der Waals surface area contributed by atoms with Crippen molar-refractivity contribution in [2.24, 2.45) is 11.7 Å². The Morgan fingerprint density at radius 3 is 2.56 bits per heavy atom. The molecule has 1 aliphatic heterocycles. The van der Waals surface area contributed by atoms with Gasteiger partial charge in [0.05, 0.1) is 12.4 Å². The van der Waals surface area contributed by atoms with Crippen LogP contribution in [0.5, 0.6) is 0 Å². The predicted octanol–water partition coefficient (Wildman–Crippen LogP) is 1.03. The lowest BCUT2D eigenvalue weighted by molar-refractivity contribution is -0.134. The molecule has 0 spiro atoms. The van der Waals surface area contributed by atoms with Crippen molar-refractivity contribution in [3.63, 3.8) is 0 Å². The molecule has 1 amide bonds. The maximum atomic E-state index is 12.1. The molecule has 5 heteroatoms. The topological polar surface area (TPSA) is 64.2 Å². The van der Waals surface area contributed by atoms with Gasteiger partial charge in [0.1, 0.15) is 0 Å². The highest BCUT2D eigenvalue weighted by atomic mass is 16.2. The van der Waals surface area contributed by atoms with Crippen LogP contribution < -0.4 is 5.73 Å². The van der Waals surface area contributed by atoms with Gasteiger partial charge in [0.2, 0.25) is 5.91 Å². The third kappa shape index (κ3) is 2.72. The molecule has 0 aromatic carbocycles. The number of hydrogen-bond acceptors (Lipinski definition) is 3. The molecule has 1 aromatic heterocycles. The van der Waals surface area contributed by atoms with Crippen LogP contribution in [-0.4, -0.2) is 39.5 Å². The summed E-state index contributed by atoms with van der Waals surface area (Å²) in [6, 6.07) is 0.0987. The van der Waals surface area contributed by atoms with Crippen molar-refractivity contribution in [1.82, 2.24) is 14.5 Å². The minimum Gasteiger partial charge on any atom is -0.341 e. The molecule has 1 saturated heterocycles. The van der Waals surface area contributed by atoms with Gasteiger partial charge in [0, 0.05) is 31.5 Å². The van der Waals surface area contributed by atoms with E-state index in [0.717, 1.165) is 25.9 Å². The van der Waals surface area contributed by atoms with Gasteiger partial charge >= 0.3 is 0 Å². The molecule has 2 rings (SSSR count). The Hall–Kier alpha value is -1.36. The minimum absolute atomic E-state index is 0.0917. The summed E-state index contributed by atoms with van der Waals surface area (Å²) in [6.07, 6.45) is 7.59. The van der Waals surface area contributed by atoms with Crippen LogP contribution in [0.3, 0.4) is 0 Å². The van der Waals surface area contributed by atoms with Crippen LogP contribution in [0, 0.1) is 5.92 Å². The second-order valence-electron chi connectivity index (χ2n) is 5.34. The lowest BCUT2D eigenvalue weighted by Crippen LogP contribution is -2.49. The average molecular weight is 250 g/mol. The molecule has 0 bridgehead atoms. The lowest BCUT2D eigenvalue weighted by Gasteiger charge is -2.34. The third-order valence-corrected chi connectivity index (χ3v) is 3.73. The number of aromatic nitrogens is 2. The summed E-state index contributed by atoms with van der Waals surface area (Å²) in [4.78, 5) is 18.1. The van der Waals surface area contributed by atoms with Crippen molar-refractivity contribution in [3.8, 4) is 0 Å². The average Bonchev–Trinajstić information content (AvgIpc) is 2.91. The van der Waals surface area contributed by atoms with E-state index < -0.39 is 0 Å². The van der Waals surface area contributed by atoms with Crippen molar-refractivity contribution in [1.29, 1.82) is 0 Å². The second kappa shape index (κ2) is 5.52. The number of nitrogens with zero attached hydrogens (tertiary/aromatic N) is 3. The molecule has 1 aliphatic rings. The van der Waals surface area contributed by atoms with Gasteiger partial charge in [-0.15, -0.1) is 0 Å². The fraction of sp³-hybridized carbons (Fsp3) is 0.692. The van der Waals surface area contributed by atoms with Crippen LogP contribution in [-0.2, 0) is 4.79 Å². The van der Waals surface area contributed by atoms with E-state index in [1.807, 2.05) is 31.3 Å². The van der Waals surface area contributed by atoms with Gasteiger partial charge in [-0.1, -0.05) is 13.8 Å². The maximum Gasteiger partial charge on any atom is 0.239 e. The first-order valence-corrected chi connectivity index (χ1v) is 6.61. The molecule has 0 unspecified atom stereocenters. The summed E-state index contributed by atoms with van der Waals surface area (Å²) in [6.45, 7) is 5.56. The fourth-order valence-electron chi connectivity index (χ4n) is 2.37. The molecular weight excluding hydrogens is 228 g/mol. The smallest absolute Gasteiger partial charge is 0.239 e.